The summed E-state index contributed by atoms with van der Waals surface area (Å²) < 4.78 is 25.4. The molecule has 1 fully saturated rings. The number of primary amides is 1. The summed E-state index contributed by atoms with van der Waals surface area (Å²) >= 11 is 0. The number of nitrogens with two attached hydrogens (primary N) is 1. The minimum Gasteiger partial charge on any atom is -0.369 e. The third-order valence-corrected chi connectivity index (χ3v) is 5.73. The van der Waals surface area contributed by atoms with E-state index in [1.165, 1.54) is 11.2 Å². The van der Waals surface area contributed by atoms with Crippen LogP contribution in [0.1, 0.15) is 33.6 Å². The van der Waals surface area contributed by atoms with Crippen molar-refractivity contribution in [2.75, 3.05) is 13.1 Å². The molecule has 0 saturated carbocycles. The lowest BCUT2D eigenvalue weighted by Gasteiger charge is -2.32. The van der Waals surface area contributed by atoms with Crippen LogP contribution in [0.4, 0.5) is 0 Å². The molecular weight excluding hydrogens is 282 g/mol. The normalized spacial score (nSPS) is 18.4. The van der Waals surface area contributed by atoms with Crippen LogP contribution in [0.15, 0.2) is 0 Å². The van der Waals surface area contributed by atoms with Gasteiger partial charge < -0.3 is 11.1 Å². The topological polar surface area (TPSA) is 110 Å². The number of carbonyl (C=O) groups excluding carboxylic acids is 2. The first-order valence-electron chi connectivity index (χ1n) is 6.59. The second-order valence-electron chi connectivity index (χ2n) is 5.23. The molecule has 115 valence electrons. The Balaban J connectivity index is 2.51. The molecule has 0 aromatic rings. The zero-order valence-electron chi connectivity index (χ0n) is 12.0. The molecule has 8 heteroatoms. The van der Waals surface area contributed by atoms with Crippen LogP contribution < -0.4 is 11.1 Å². The summed E-state index contributed by atoms with van der Waals surface area (Å²) in [7, 11) is -3.24. The Morgan fingerprint density at radius 2 is 1.75 bits per heavy atom. The Labute approximate surface area is 119 Å². The van der Waals surface area contributed by atoms with Crippen LogP contribution in [0.3, 0.4) is 0 Å². The van der Waals surface area contributed by atoms with Crippen molar-refractivity contribution < 1.29 is 18.0 Å². The molecule has 20 heavy (non-hydrogen) atoms. The first kappa shape index (κ1) is 16.9. The predicted octanol–water partition coefficient (Wildman–Crippen LogP) is -0.615. The fraction of sp³-hybridized carbons (Fsp3) is 0.750. The molecule has 3 N–H and O–H groups in total. The van der Waals surface area contributed by atoms with Crippen LogP contribution in [0.5, 0.6) is 0 Å². The lowest BCUT2D eigenvalue weighted by molar-refractivity contribution is -0.125. The van der Waals surface area contributed by atoms with E-state index in [2.05, 4.69) is 5.32 Å². The van der Waals surface area contributed by atoms with Crippen molar-refractivity contribution in [1.29, 1.82) is 0 Å². The minimum atomic E-state index is -3.24. The Bertz CT molecular complexity index is 467. The SMILES string of the molecule is C[C](C(N)=O)C(=O)NC1CCN(S(=O)(=O)C(C)C)CC1. The van der Waals surface area contributed by atoms with Gasteiger partial charge in [0.15, 0.2) is 0 Å². The molecule has 0 aliphatic carbocycles. The fourth-order valence-electron chi connectivity index (χ4n) is 1.96. The second kappa shape index (κ2) is 6.53. The maximum atomic E-state index is 12.0. The van der Waals surface area contributed by atoms with Gasteiger partial charge in [-0.1, -0.05) is 0 Å². The fourth-order valence-corrected chi connectivity index (χ4v) is 3.27. The van der Waals surface area contributed by atoms with Crippen LogP contribution in [-0.4, -0.2) is 48.9 Å². The molecular formula is C12H22N3O4S. The monoisotopic (exact) mass is 304 g/mol. The highest BCUT2D eigenvalue weighted by Gasteiger charge is 2.31. The molecule has 1 saturated heterocycles. The summed E-state index contributed by atoms with van der Waals surface area (Å²) in [5, 5.41) is 2.26. The summed E-state index contributed by atoms with van der Waals surface area (Å²) in [6, 6.07) is -0.129. The summed E-state index contributed by atoms with van der Waals surface area (Å²) in [5.41, 5.74) is 5.03. The molecule has 0 atom stereocenters. The Morgan fingerprint density at radius 3 is 2.15 bits per heavy atom. The molecule has 0 spiro atoms. The van der Waals surface area contributed by atoms with Crippen LogP contribution in [-0.2, 0) is 19.6 Å². The van der Waals surface area contributed by atoms with Gasteiger partial charge in [-0.2, -0.15) is 0 Å². The van der Waals surface area contributed by atoms with Gasteiger partial charge >= 0.3 is 0 Å². The maximum absolute atomic E-state index is 12.0. The highest BCUT2D eigenvalue weighted by atomic mass is 32.2. The molecule has 1 rings (SSSR count). The number of amides is 2. The highest BCUT2D eigenvalue weighted by Crippen LogP contribution is 2.17. The lowest BCUT2D eigenvalue weighted by Crippen LogP contribution is -2.49. The van der Waals surface area contributed by atoms with Crippen LogP contribution in [0, 0.1) is 5.92 Å². The van der Waals surface area contributed by atoms with E-state index in [0.29, 0.717) is 25.9 Å². The third-order valence-electron chi connectivity index (χ3n) is 3.45. The molecule has 0 bridgehead atoms. The van der Waals surface area contributed by atoms with Gasteiger partial charge in [0.25, 0.3) is 0 Å². The summed E-state index contributed by atoms with van der Waals surface area (Å²) in [4.78, 5) is 22.5. The van der Waals surface area contributed by atoms with E-state index >= 15 is 0 Å². The number of nitrogens with one attached hydrogen (secondary N) is 1. The van der Waals surface area contributed by atoms with Crippen molar-refractivity contribution in [3.8, 4) is 0 Å². The van der Waals surface area contributed by atoms with Crippen molar-refractivity contribution in [3.63, 3.8) is 0 Å². The van der Waals surface area contributed by atoms with E-state index in [-0.39, 0.29) is 12.0 Å². The van der Waals surface area contributed by atoms with Gasteiger partial charge in [-0.05, 0) is 33.6 Å². The first-order valence-corrected chi connectivity index (χ1v) is 8.09. The zero-order valence-corrected chi connectivity index (χ0v) is 12.9. The number of carbonyl (C=O) groups is 2. The van der Waals surface area contributed by atoms with E-state index < -0.39 is 27.1 Å². The molecule has 7 nitrogen and oxygen atoms in total. The molecule has 1 aliphatic heterocycles. The smallest absolute Gasteiger partial charge is 0.237 e. The summed E-state index contributed by atoms with van der Waals surface area (Å²) in [6.07, 6.45) is 1.06. The summed E-state index contributed by atoms with van der Waals surface area (Å²) in [6.45, 7) is 5.42. The zero-order chi connectivity index (χ0) is 15.5. The van der Waals surface area contributed by atoms with Gasteiger partial charge in [0, 0.05) is 19.1 Å². The number of hydrogen-bond acceptors (Lipinski definition) is 4. The number of nitrogens with zero attached hydrogens (tertiary/aromatic N) is 1. The van der Waals surface area contributed by atoms with Gasteiger partial charge in [0.05, 0.1) is 5.25 Å². The molecule has 0 aromatic heterocycles. The van der Waals surface area contributed by atoms with Gasteiger partial charge in [-0.3, -0.25) is 9.59 Å². The Kier molecular flexibility index (Phi) is 5.52. The van der Waals surface area contributed by atoms with Crippen molar-refractivity contribution in [1.82, 2.24) is 9.62 Å². The van der Waals surface area contributed by atoms with E-state index in [1.807, 2.05) is 0 Å². The molecule has 0 unspecified atom stereocenters. The molecule has 2 amide bonds. The molecule has 0 aromatic carbocycles. The number of hydrogen-bond donors (Lipinski definition) is 2. The summed E-state index contributed by atoms with van der Waals surface area (Å²) in [5.74, 6) is -1.27. The average Bonchev–Trinajstić information content (AvgIpc) is 2.38. The molecule has 1 radical (unpaired) electrons. The number of piperidine rings is 1. The van der Waals surface area contributed by atoms with E-state index in [9.17, 15) is 18.0 Å². The largest absolute Gasteiger partial charge is 0.369 e. The minimum absolute atomic E-state index is 0.0396. The van der Waals surface area contributed by atoms with Crippen LogP contribution >= 0.6 is 0 Å². The van der Waals surface area contributed by atoms with Crippen molar-refractivity contribution in [2.24, 2.45) is 5.73 Å². The first-order chi connectivity index (χ1) is 9.16. The number of sulfonamides is 1. The van der Waals surface area contributed by atoms with Gasteiger partial charge in [-0.25, -0.2) is 12.7 Å². The highest BCUT2D eigenvalue weighted by molar-refractivity contribution is 7.89. The Morgan fingerprint density at radius 1 is 1.25 bits per heavy atom. The standard InChI is InChI=1S/C12H22N3O4S/c1-8(2)20(18,19)15-6-4-10(5-7-15)14-12(17)9(3)11(13)16/h8,10H,4-7H2,1-3H3,(H2,13,16)(H,14,17). The lowest BCUT2D eigenvalue weighted by atomic mass is 10.0. The van der Waals surface area contributed by atoms with Crippen molar-refractivity contribution in [3.05, 3.63) is 5.92 Å². The van der Waals surface area contributed by atoms with E-state index in [0.717, 1.165) is 0 Å². The quantitative estimate of drug-likeness (QED) is 0.660. The molecule has 1 heterocycles. The maximum Gasteiger partial charge on any atom is 0.237 e. The van der Waals surface area contributed by atoms with Crippen molar-refractivity contribution >= 4 is 21.8 Å². The van der Waals surface area contributed by atoms with Crippen LogP contribution in [0.25, 0.3) is 0 Å². The predicted molar refractivity (Wildman–Crippen MR) is 74.9 cm³/mol. The van der Waals surface area contributed by atoms with Gasteiger partial charge in [0.1, 0.15) is 5.92 Å². The average molecular weight is 304 g/mol. The van der Waals surface area contributed by atoms with Crippen LogP contribution in [0.2, 0.25) is 0 Å². The van der Waals surface area contributed by atoms with E-state index in [1.54, 1.807) is 13.8 Å². The van der Waals surface area contributed by atoms with Crippen molar-refractivity contribution in [2.45, 2.75) is 44.9 Å². The van der Waals surface area contributed by atoms with Gasteiger partial charge in [0.2, 0.25) is 21.8 Å². The number of rotatable bonds is 5. The van der Waals surface area contributed by atoms with E-state index in [4.69, 9.17) is 5.73 Å². The Hall–Kier alpha value is -1.15. The third kappa shape index (κ3) is 3.92. The second-order valence-corrected chi connectivity index (χ2v) is 7.72. The van der Waals surface area contributed by atoms with Gasteiger partial charge in [-0.15, -0.1) is 0 Å². The molecule has 1 aliphatic rings.